The maximum atomic E-state index is 13.0. The zero-order valence-corrected chi connectivity index (χ0v) is 10.6. The van der Waals surface area contributed by atoms with Gasteiger partial charge in [-0.25, -0.2) is 4.39 Å². The summed E-state index contributed by atoms with van der Waals surface area (Å²) in [4.78, 5) is 0. The van der Waals surface area contributed by atoms with E-state index < -0.39 is 0 Å². The number of halogens is 2. The van der Waals surface area contributed by atoms with Crippen molar-refractivity contribution in [3.63, 3.8) is 0 Å². The van der Waals surface area contributed by atoms with Crippen LogP contribution in [0.25, 0.3) is 6.08 Å². The van der Waals surface area contributed by atoms with Gasteiger partial charge in [0.1, 0.15) is 5.82 Å². The molecule has 1 aromatic rings. The van der Waals surface area contributed by atoms with Gasteiger partial charge in [0.25, 0.3) is 0 Å². The van der Waals surface area contributed by atoms with Gasteiger partial charge in [-0.2, -0.15) is 0 Å². The van der Waals surface area contributed by atoms with Crippen molar-refractivity contribution < 1.29 is 4.39 Å². The van der Waals surface area contributed by atoms with Crippen LogP contribution in [-0.4, -0.2) is 12.1 Å². The molecule has 0 fully saturated rings. The van der Waals surface area contributed by atoms with E-state index in [0.29, 0.717) is 5.02 Å². The molecule has 0 saturated heterocycles. The van der Waals surface area contributed by atoms with Gasteiger partial charge >= 0.3 is 0 Å². The first-order valence-electron chi connectivity index (χ1n) is 5.24. The van der Waals surface area contributed by atoms with Gasteiger partial charge in [-0.3, -0.25) is 0 Å². The van der Waals surface area contributed by atoms with Gasteiger partial charge in [0.15, 0.2) is 0 Å². The van der Waals surface area contributed by atoms with Crippen molar-refractivity contribution in [2.75, 3.05) is 6.54 Å². The van der Waals surface area contributed by atoms with Crippen LogP contribution in [0.1, 0.15) is 26.3 Å². The third-order valence-electron chi connectivity index (χ3n) is 1.95. The van der Waals surface area contributed by atoms with Crippen molar-refractivity contribution in [2.24, 2.45) is 0 Å². The van der Waals surface area contributed by atoms with Crippen LogP contribution in [0.3, 0.4) is 0 Å². The lowest BCUT2D eigenvalue weighted by Gasteiger charge is -2.18. The summed E-state index contributed by atoms with van der Waals surface area (Å²) in [6, 6.07) is 4.49. The minimum absolute atomic E-state index is 0.0872. The van der Waals surface area contributed by atoms with Crippen LogP contribution in [0.15, 0.2) is 24.3 Å². The lowest BCUT2D eigenvalue weighted by molar-refractivity contribution is 0.450. The molecule has 1 rings (SSSR count). The average molecular weight is 242 g/mol. The molecule has 0 unspecified atom stereocenters. The molecule has 3 heteroatoms. The van der Waals surface area contributed by atoms with Crippen molar-refractivity contribution in [2.45, 2.75) is 26.3 Å². The summed E-state index contributed by atoms with van der Waals surface area (Å²) in [6.07, 6.45) is 3.81. The fourth-order valence-electron chi connectivity index (χ4n) is 1.23. The lowest BCUT2D eigenvalue weighted by atomic mass is 10.1. The largest absolute Gasteiger partial charge is 0.309 e. The van der Waals surface area contributed by atoms with E-state index in [-0.39, 0.29) is 11.4 Å². The molecule has 0 amide bonds. The number of nitrogens with one attached hydrogen (secondary N) is 1. The van der Waals surface area contributed by atoms with Gasteiger partial charge in [0, 0.05) is 17.1 Å². The Morgan fingerprint density at radius 1 is 1.31 bits per heavy atom. The molecular weight excluding hydrogens is 225 g/mol. The predicted octanol–water partition coefficient (Wildman–Crippen LogP) is 3.88. The van der Waals surface area contributed by atoms with Gasteiger partial charge in [-0.15, -0.1) is 0 Å². The second-order valence-corrected chi connectivity index (χ2v) is 5.17. The van der Waals surface area contributed by atoms with Gasteiger partial charge in [-0.1, -0.05) is 23.8 Å². The number of hydrogen-bond donors (Lipinski definition) is 1. The second kappa shape index (κ2) is 5.46. The summed E-state index contributed by atoms with van der Waals surface area (Å²) in [6.45, 7) is 7.04. The van der Waals surface area contributed by atoms with Crippen molar-refractivity contribution in [1.29, 1.82) is 0 Å². The molecule has 1 nitrogen and oxygen atoms in total. The van der Waals surface area contributed by atoms with E-state index in [9.17, 15) is 4.39 Å². The lowest BCUT2D eigenvalue weighted by Crippen LogP contribution is -2.35. The van der Waals surface area contributed by atoms with Crippen LogP contribution < -0.4 is 5.32 Å². The van der Waals surface area contributed by atoms with E-state index >= 15 is 0 Å². The van der Waals surface area contributed by atoms with Crippen molar-refractivity contribution in [1.82, 2.24) is 5.32 Å². The Balaban J connectivity index is 2.56. The molecule has 1 N–H and O–H groups in total. The minimum atomic E-state index is -0.309. The molecule has 0 saturated carbocycles. The molecule has 0 aliphatic heterocycles. The van der Waals surface area contributed by atoms with E-state index in [1.165, 1.54) is 12.1 Å². The highest BCUT2D eigenvalue weighted by Gasteiger charge is 2.05. The maximum absolute atomic E-state index is 13.0. The van der Waals surface area contributed by atoms with Crippen LogP contribution in [-0.2, 0) is 0 Å². The molecule has 0 aliphatic rings. The molecular formula is C13H17ClFN. The molecule has 16 heavy (non-hydrogen) atoms. The molecule has 0 spiro atoms. The van der Waals surface area contributed by atoms with E-state index in [2.05, 4.69) is 26.1 Å². The summed E-state index contributed by atoms with van der Waals surface area (Å²) in [5.41, 5.74) is 0.866. The molecule has 0 heterocycles. The second-order valence-electron chi connectivity index (χ2n) is 4.74. The quantitative estimate of drug-likeness (QED) is 0.847. The molecule has 0 bridgehead atoms. The van der Waals surface area contributed by atoms with Gasteiger partial charge in [-0.05, 0) is 44.5 Å². The Kier molecular flexibility index (Phi) is 4.51. The number of hydrogen-bond acceptors (Lipinski definition) is 1. The Morgan fingerprint density at radius 2 is 2.00 bits per heavy atom. The van der Waals surface area contributed by atoms with Crippen molar-refractivity contribution in [3.8, 4) is 0 Å². The first kappa shape index (κ1) is 13.2. The Labute approximate surface area is 101 Å². The van der Waals surface area contributed by atoms with Gasteiger partial charge in [0.05, 0.1) is 0 Å². The highest BCUT2D eigenvalue weighted by molar-refractivity contribution is 6.30. The van der Waals surface area contributed by atoms with Gasteiger partial charge in [0.2, 0.25) is 0 Å². The first-order chi connectivity index (χ1) is 7.37. The molecule has 0 atom stereocenters. The normalized spacial score (nSPS) is 12.3. The Bertz CT molecular complexity index is 360. The van der Waals surface area contributed by atoms with Crippen molar-refractivity contribution in [3.05, 3.63) is 40.7 Å². The fraction of sp³-hybridized carbons (Fsp3) is 0.385. The molecule has 0 radical (unpaired) electrons. The third kappa shape index (κ3) is 5.29. The predicted molar refractivity (Wildman–Crippen MR) is 68.2 cm³/mol. The summed E-state index contributed by atoms with van der Waals surface area (Å²) in [7, 11) is 0. The minimum Gasteiger partial charge on any atom is -0.309 e. The summed E-state index contributed by atoms with van der Waals surface area (Å²) in [5, 5.41) is 3.73. The summed E-state index contributed by atoms with van der Waals surface area (Å²) >= 11 is 5.75. The van der Waals surface area contributed by atoms with Crippen LogP contribution in [0, 0.1) is 5.82 Å². The highest BCUT2D eigenvalue weighted by atomic mass is 35.5. The summed E-state index contributed by atoms with van der Waals surface area (Å²) < 4.78 is 13.0. The Hall–Kier alpha value is -0.860. The zero-order chi connectivity index (χ0) is 12.2. The maximum Gasteiger partial charge on any atom is 0.125 e. The van der Waals surface area contributed by atoms with Crippen LogP contribution in [0.5, 0.6) is 0 Å². The smallest absolute Gasteiger partial charge is 0.125 e. The van der Waals surface area contributed by atoms with E-state index in [0.717, 1.165) is 12.1 Å². The van der Waals surface area contributed by atoms with Crippen LogP contribution >= 0.6 is 11.6 Å². The molecule has 88 valence electrons. The monoisotopic (exact) mass is 241 g/mol. The van der Waals surface area contributed by atoms with E-state index in [1.807, 2.05) is 12.2 Å². The fourth-order valence-corrected chi connectivity index (χ4v) is 1.46. The average Bonchev–Trinajstić information content (AvgIpc) is 2.09. The summed E-state index contributed by atoms with van der Waals surface area (Å²) in [5.74, 6) is -0.309. The zero-order valence-electron chi connectivity index (χ0n) is 9.85. The van der Waals surface area contributed by atoms with E-state index in [1.54, 1.807) is 6.07 Å². The van der Waals surface area contributed by atoms with Crippen LogP contribution in [0.2, 0.25) is 5.02 Å². The van der Waals surface area contributed by atoms with Gasteiger partial charge < -0.3 is 5.32 Å². The third-order valence-corrected chi connectivity index (χ3v) is 2.16. The SMILES string of the molecule is CC(C)(C)NC/C=C/c1cc(F)cc(Cl)c1. The Morgan fingerprint density at radius 3 is 2.56 bits per heavy atom. The standard InChI is InChI=1S/C13H17ClFN/c1-13(2,3)16-6-4-5-10-7-11(14)9-12(15)8-10/h4-5,7-9,16H,6H2,1-3H3/b5-4+. The molecule has 0 aliphatic carbocycles. The highest BCUT2D eigenvalue weighted by Crippen LogP contribution is 2.15. The van der Waals surface area contributed by atoms with E-state index in [4.69, 9.17) is 11.6 Å². The number of rotatable bonds is 3. The first-order valence-corrected chi connectivity index (χ1v) is 5.62. The van der Waals surface area contributed by atoms with Crippen LogP contribution in [0.4, 0.5) is 4.39 Å². The molecule has 1 aromatic carbocycles. The van der Waals surface area contributed by atoms with Crippen molar-refractivity contribution >= 4 is 17.7 Å². The number of benzene rings is 1. The topological polar surface area (TPSA) is 12.0 Å². The molecule has 0 aromatic heterocycles.